The van der Waals surface area contributed by atoms with Crippen LogP contribution in [0.3, 0.4) is 0 Å². The number of sulfonamides is 1. The Labute approximate surface area is 167 Å². The van der Waals surface area contributed by atoms with Gasteiger partial charge in [0.1, 0.15) is 0 Å². The van der Waals surface area contributed by atoms with E-state index in [2.05, 4.69) is 16.7 Å². The number of piperidine rings is 1. The van der Waals surface area contributed by atoms with E-state index >= 15 is 0 Å². The molecule has 0 saturated carbocycles. The summed E-state index contributed by atoms with van der Waals surface area (Å²) >= 11 is 0. The summed E-state index contributed by atoms with van der Waals surface area (Å²) in [5.74, 6) is -0.242. The van der Waals surface area contributed by atoms with Gasteiger partial charge in [0.05, 0.1) is 4.90 Å². The number of halogens is 1. The molecule has 1 saturated heterocycles. The van der Waals surface area contributed by atoms with E-state index < -0.39 is 10.0 Å². The number of benzene rings is 1. The molecule has 2 aliphatic rings. The van der Waals surface area contributed by atoms with Gasteiger partial charge < -0.3 is 10.6 Å². The Morgan fingerprint density at radius 3 is 2.85 bits per heavy atom. The van der Waals surface area contributed by atoms with Crippen LogP contribution in [0, 0.1) is 0 Å². The zero-order chi connectivity index (χ0) is 18.6. The van der Waals surface area contributed by atoms with Crippen LogP contribution in [0.25, 0.3) is 0 Å². The maximum Gasteiger partial charge on any atom is 0.251 e. The first-order chi connectivity index (χ1) is 12.5. The summed E-state index contributed by atoms with van der Waals surface area (Å²) in [6.07, 6.45) is 5.82. The van der Waals surface area contributed by atoms with Crippen LogP contribution < -0.4 is 10.6 Å². The van der Waals surface area contributed by atoms with Crippen molar-refractivity contribution in [3.63, 3.8) is 0 Å². The molecule has 1 fully saturated rings. The highest BCUT2D eigenvalue weighted by atomic mass is 35.5. The fourth-order valence-corrected chi connectivity index (χ4v) is 5.23. The van der Waals surface area contributed by atoms with Crippen molar-refractivity contribution < 1.29 is 13.2 Å². The normalized spacial score (nSPS) is 21.1. The molecule has 1 unspecified atom stereocenters. The largest absolute Gasteiger partial charge is 0.348 e. The lowest BCUT2D eigenvalue weighted by Crippen LogP contribution is -2.42. The fourth-order valence-electron chi connectivity index (χ4n) is 3.49. The van der Waals surface area contributed by atoms with Gasteiger partial charge in [0.25, 0.3) is 5.91 Å². The molecule has 2 heterocycles. The van der Waals surface area contributed by atoms with Crippen LogP contribution in [0.1, 0.15) is 43.0 Å². The molecule has 0 aliphatic carbocycles. The Bertz CT molecular complexity index is 795. The highest BCUT2D eigenvalue weighted by Crippen LogP contribution is 2.25. The van der Waals surface area contributed by atoms with Crippen molar-refractivity contribution in [2.45, 2.75) is 43.5 Å². The molecule has 3 rings (SSSR count). The van der Waals surface area contributed by atoms with Gasteiger partial charge in [0.2, 0.25) is 10.0 Å². The van der Waals surface area contributed by atoms with E-state index in [0.29, 0.717) is 18.7 Å². The van der Waals surface area contributed by atoms with Crippen molar-refractivity contribution in [1.82, 2.24) is 14.9 Å². The lowest BCUT2D eigenvalue weighted by Gasteiger charge is -2.32. The van der Waals surface area contributed by atoms with Crippen molar-refractivity contribution in [3.8, 4) is 0 Å². The molecule has 2 aliphatic heterocycles. The Balaban J connectivity index is 0.00000261. The van der Waals surface area contributed by atoms with Crippen LogP contribution in [0.5, 0.6) is 0 Å². The van der Waals surface area contributed by atoms with Gasteiger partial charge in [0.15, 0.2) is 0 Å². The summed E-state index contributed by atoms with van der Waals surface area (Å²) in [5.41, 5.74) is 1.58. The maximum absolute atomic E-state index is 13.0. The zero-order valence-corrected chi connectivity index (χ0v) is 17.2. The summed E-state index contributed by atoms with van der Waals surface area (Å²) in [6.45, 7) is 4.74. The second-order valence-corrected chi connectivity index (χ2v) is 8.88. The first kappa shape index (κ1) is 21.9. The number of carbonyl (C=O) groups is 1. The molecule has 1 aromatic rings. The molecule has 0 spiro atoms. The van der Waals surface area contributed by atoms with E-state index in [-0.39, 0.29) is 29.3 Å². The molecule has 1 atom stereocenters. The molecule has 150 valence electrons. The van der Waals surface area contributed by atoms with Crippen LogP contribution in [-0.2, 0) is 10.0 Å². The quantitative estimate of drug-likeness (QED) is 0.726. The van der Waals surface area contributed by atoms with E-state index in [9.17, 15) is 13.2 Å². The predicted molar refractivity (Wildman–Crippen MR) is 109 cm³/mol. The highest BCUT2D eigenvalue weighted by Gasteiger charge is 2.31. The summed E-state index contributed by atoms with van der Waals surface area (Å²) in [5, 5.41) is 6.12. The monoisotopic (exact) mass is 413 g/mol. The van der Waals surface area contributed by atoms with Gasteiger partial charge in [-0.25, -0.2) is 8.42 Å². The fraction of sp³-hybridized carbons (Fsp3) is 0.526. The van der Waals surface area contributed by atoms with Gasteiger partial charge in [-0.15, -0.1) is 12.4 Å². The lowest BCUT2D eigenvalue weighted by molar-refractivity contribution is 0.0956. The third kappa shape index (κ3) is 5.31. The van der Waals surface area contributed by atoms with Crippen molar-refractivity contribution in [3.05, 3.63) is 41.5 Å². The maximum atomic E-state index is 13.0. The van der Waals surface area contributed by atoms with Gasteiger partial charge in [-0.2, -0.15) is 4.31 Å². The first-order valence-corrected chi connectivity index (χ1v) is 10.7. The second kappa shape index (κ2) is 9.68. The third-order valence-corrected chi connectivity index (χ3v) is 7.09. The molecule has 27 heavy (non-hydrogen) atoms. The summed E-state index contributed by atoms with van der Waals surface area (Å²) in [6, 6.07) is 6.36. The zero-order valence-electron chi connectivity index (χ0n) is 15.6. The number of nitrogens with zero attached hydrogens (tertiary/aromatic N) is 1. The number of carbonyl (C=O) groups excluding carboxylic acids is 1. The standard InChI is InChI=1S/C19H27N3O3S.ClH/c1-15-5-2-3-12-22(15)26(24,25)18-7-4-6-17(13-18)19(23)21-14-16-8-10-20-11-9-16;/h4,6-8,13,15,20H,2-3,5,9-12,14H2,1H3,(H,21,23);1H. The summed E-state index contributed by atoms with van der Waals surface area (Å²) < 4.78 is 27.5. The Hall–Kier alpha value is -1.41. The molecule has 0 radical (unpaired) electrons. The third-order valence-electron chi connectivity index (χ3n) is 5.08. The SMILES string of the molecule is CC1CCCCN1S(=O)(=O)c1cccc(C(=O)NCC2=CCNCC2)c1.Cl. The van der Waals surface area contributed by atoms with Gasteiger partial charge in [-0.3, -0.25) is 4.79 Å². The van der Waals surface area contributed by atoms with Crippen LogP contribution in [0.15, 0.2) is 40.8 Å². The average molecular weight is 414 g/mol. The van der Waals surface area contributed by atoms with Crippen molar-refractivity contribution in [2.24, 2.45) is 0 Å². The molecule has 6 nitrogen and oxygen atoms in total. The van der Waals surface area contributed by atoms with Gasteiger partial charge in [-0.1, -0.05) is 24.1 Å². The number of nitrogens with one attached hydrogen (secondary N) is 2. The average Bonchev–Trinajstić information content (AvgIpc) is 2.67. The van der Waals surface area contributed by atoms with Crippen molar-refractivity contribution >= 4 is 28.3 Å². The molecule has 1 aromatic carbocycles. The van der Waals surface area contributed by atoms with Gasteiger partial charge in [-0.05, 0) is 50.9 Å². The van der Waals surface area contributed by atoms with E-state index in [1.807, 2.05) is 6.92 Å². The predicted octanol–water partition coefficient (Wildman–Crippen LogP) is 2.32. The molecule has 8 heteroatoms. The van der Waals surface area contributed by atoms with Crippen LogP contribution >= 0.6 is 12.4 Å². The Kier molecular flexibility index (Phi) is 7.85. The summed E-state index contributed by atoms with van der Waals surface area (Å²) in [7, 11) is -3.57. The summed E-state index contributed by atoms with van der Waals surface area (Å²) in [4.78, 5) is 12.6. The molecule has 0 aromatic heterocycles. The van der Waals surface area contributed by atoms with E-state index in [4.69, 9.17) is 0 Å². The van der Waals surface area contributed by atoms with Crippen LogP contribution in [0.2, 0.25) is 0 Å². The van der Waals surface area contributed by atoms with E-state index in [0.717, 1.165) is 38.8 Å². The van der Waals surface area contributed by atoms with Gasteiger partial charge >= 0.3 is 0 Å². The van der Waals surface area contributed by atoms with E-state index in [1.54, 1.807) is 22.5 Å². The van der Waals surface area contributed by atoms with Gasteiger partial charge in [0, 0.05) is 31.2 Å². The minimum Gasteiger partial charge on any atom is -0.348 e. The van der Waals surface area contributed by atoms with E-state index in [1.165, 1.54) is 11.6 Å². The minimum atomic E-state index is -3.57. The molecule has 2 N–H and O–H groups in total. The number of amides is 1. The van der Waals surface area contributed by atoms with Crippen LogP contribution in [0.4, 0.5) is 0 Å². The second-order valence-electron chi connectivity index (χ2n) is 6.99. The Morgan fingerprint density at radius 2 is 2.15 bits per heavy atom. The highest BCUT2D eigenvalue weighted by molar-refractivity contribution is 7.89. The molecule has 1 amide bonds. The molecule has 0 bridgehead atoms. The minimum absolute atomic E-state index is 0. The van der Waals surface area contributed by atoms with Crippen LogP contribution in [-0.4, -0.2) is 50.9 Å². The lowest BCUT2D eigenvalue weighted by atomic mass is 10.1. The molecular weight excluding hydrogens is 386 g/mol. The number of rotatable bonds is 5. The molecular formula is C19H28ClN3O3S. The van der Waals surface area contributed by atoms with Crippen molar-refractivity contribution in [1.29, 1.82) is 0 Å². The first-order valence-electron chi connectivity index (χ1n) is 9.27. The number of hydrogen-bond donors (Lipinski definition) is 2. The Morgan fingerprint density at radius 1 is 1.33 bits per heavy atom. The number of hydrogen-bond acceptors (Lipinski definition) is 4. The van der Waals surface area contributed by atoms with Crippen molar-refractivity contribution in [2.75, 3.05) is 26.2 Å². The smallest absolute Gasteiger partial charge is 0.251 e. The topological polar surface area (TPSA) is 78.5 Å².